The molecule has 0 unspecified atom stereocenters. The van der Waals surface area contributed by atoms with Crippen LogP contribution in [0, 0.1) is 11.3 Å². The normalized spacial score (nSPS) is 16.0. The number of carbonyl (C=O) groups is 2. The van der Waals surface area contributed by atoms with Crippen LogP contribution in [0.4, 0.5) is 5.69 Å². The summed E-state index contributed by atoms with van der Waals surface area (Å²) in [7, 11) is 1.61. The monoisotopic (exact) mass is 229 g/mol. The van der Waals surface area contributed by atoms with Crippen molar-refractivity contribution in [3.8, 4) is 6.07 Å². The first-order chi connectivity index (χ1) is 8.13. The third-order valence-electron chi connectivity index (χ3n) is 2.74. The minimum absolute atomic E-state index is 0.479. The van der Waals surface area contributed by atoms with Gasteiger partial charge in [0, 0.05) is 25.8 Å². The molecule has 0 aliphatic carbocycles. The molecule has 5 nitrogen and oxygen atoms in total. The Morgan fingerprint density at radius 1 is 1.12 bits per heavy atom. The molecule has 0 aromatic heterocycles. The van der Waals surface area contributed by atoms with E-state index in [1.54, 1.807) is 31.3 Å². The molecule has 0 radical (unpaired) electrons. The minimum Gasteiger partial charge on any atom is -0.336 e. The van der Waals surface area contributed by atoms with Crippen molar-refractivity contribution in [1.29, 1.82) is 5.26 Å². The zero-order valence-electron chi connectivity index (χ0n) is 9.38. The molecule has 1 fully saturated rings. The molecule has 0 spiro atoms. The van der Waals surface area contributed by atoms with Gasteiger partial charge in [0.1, 0.15) is 0 Å². The van der Waals surface area contributed by atoms with Crippen LogP contribution in [0.1, 0.15) is 5.56 Å². The summed E-state index contributed by atoms with van der Waals surface area (Å²) < 4.78 is 0. The number of hydrogen-bond acceptors (Lipinski definition) is 3. The highest BCUT2D eigenvalue weighted by molar-refractivity contribution is 6.40. The highest BCUT2D eigenvalue weighted by Crippen LogP contribution is 2.17. The van der Waals surface area contributed by atoms with Gasteiger partial charge in [0.05, 0.1) is 11.6 Å². The van der Waals surface area contributed by atoms with Gasteiger partial charge in [-0.25, -0.2) is 0 Å². The third-order valence-corrected chi connectivity index (χ3v) is 2.74. The zero-order chi connectivity index (χ0) is 12.4. The van der Waals surface area contributed by atoms with Crippen molar-refractivity contribution >= 4 is 17.5 Å². The molecule has 86 valence electrons. The first-order valence-electron chi connectivity index (χ1n) is 5.20. The second kappa shape index (κ2) is 4.26. The average Bonchev–Trinajstić information content (AvgIpc) is 2.36. The van der Waals surface area contributed by atoms with E-state index in [1.165, 1.54) is 9.80 Å². The summed E-state index contributed by atoms with van der Waals surface area (Å²) in [6.45, 7) is 0.998. The predicted octanol–water partition coefficient (Wildman–Crippen LogP) is 0.363. The van der Waals surface area contributed by atoms with E-state index < -0.39 is 11.8 Å². The van der Waals surface area contributed by atoms with Crippen LogP contribution < -0.4 is 4.90 Å². The summed E-state index contributed by atoms with van der Waals surface area (Å²) in [6, 6.07) is 8.62. The summed E-state index contributed by atoms with van der Waals surface area (Å²) in [4.78, 5) is 26.1. The van der Waals surface area contributed by atoms with E-state index in [0.717, 1.165) is 0 Å². The molecular formula is C12H11N3O2. The first-order valence-corrected chi connectivity index (χ1v) is 5.20. The Kier molecular flexibility index (Phi) is 2.79. The maximum absolute atomic E-state index is 11.8. The van der Waals surface area contributed by atoms with Crippen molar-refractivity contribution in [2.24, 2.45) is 0 Å². The number of piperazine rings is 1. The molecule has 2 amide bonds. The lowest BCUT2D eigenvalue weighted by Gasteiger charge is -2.31. The van der Waals surface area contributed by atoms with Gasteiger partial charge in [0.25, 0.3) is 0 Å². The Bertz CT molecular complexity index is 501. The lowest BCUT2D eigenvalue weighted by atomic mass is 10.2. The van der Waals surface area contributed by atoms with Crippen LogP contribution in [0.5, 0.6) is 0 Å². The van der Waals surface area contributed by atoms with E-state index >= 15 is 0 Å². The van der Waals surface area contributed by atoms with Crippen LogP contribution in [0.3, 0.4) is 0 Å². The fourth-order valence-corrected chi connectivity index (χ4v) is 1.69. The van der Waals surface area contributed by atoms with Gasteiger partial charge in [0.15, 0.2) is 0 Å². The van der Waals surface area contributed by atoms with Crippen molar-refractivity contribution in [1.82, 2.24) is 4.90 Å². The number of benzene rings is 1. The number of carbonyl (C=O) groups excluding carboxylic acids is 2. The number of anilines is 1. The Labute approximate surface area is 98.9 Å². The van der Waals surface area contributed by atoms with E-state index in [0.29, 0.717) is 24.3 Å². The number of amides is 2. The van der Waals surface area contributed by atoms with E-state index in [1.807, 2.05) is 6.07 Å². The Morgan fingerprint density at radius 2 is 1.76 bits per heavy atom. The van der Waals surface area contributed by atoms with Crippen molar-refractivity contribution in [2.45, 2.75) is 0 Å². The summed E-state index contributed by atoms with van der Waals surface area (Å²) in [5.74, 6) is -1.02. The van der Waals surface area contributed by atoms with Gasteiger partial charge in [-0.3, -0.25) is 9.59 Å². The highest BCUT2D eigenvalue weighted by atomic mass is 16.2. The van der Waals surface area contributed by atoms with Gasteiger partial charge in [-0.2, -0.15) is 5.26 Å². The van der Waals surface area contributed by atoms with Crippen molar-refractivity contribution in [3.05, 3.63) is 29.8 Å². The molecule has 0 saturated carbocycles. The number of nitrogens with zero attached hydrogens (tertiary/aromatic N) is 3. The Hall–Kier alpha value is -2.35. The van der Waals surface area contributed by atoms with Crippen LogP contribution >= 0.6 is 0 Å². The number of hydrogen-bond donors (Lipinski definition) is 0. The Balaban J connectivity index is 2.25. The molecule has 0 atom stereocenters. The van der Waals surface area contributed by atoms with E-state index in [9.17, 15) is 9.59 Å². The van der Waals surface area contributed by atoms with Gasteiger partial charge in [-0.1, -0.05) is 0 Å². The van der Waals surface area contributed by atoms with Gasteiger partial charge in [-0.05, 0) is 24.3 Å². The van der Waals surface area contributed by atoms with Crippen LogP contribution in [-0.2, 0) is 9.59 Å². The van der Waals surface area contributed by atoms with Crippen LogP contribution in [0.15, 0.2) is 24.3 Å². The van der Waals surface area contributed by atoms with Crippen LogP contribution in [0.25, 0.3) is 0 Å². The molecule has 2 rings (SSSR count). The lowest BCUT2D eigenvalue weighted by molar-refractivity contribution is -0.145. The van der Waals surface area contributed by atoms with E-state index in [4.69, 9.17) is 5.26 Å². The SMILES string of the molecule is CN1CCN(c2ccc(C#N)cc2)C(=O)C1=O. The minimum atomic E-state index is -0.525. The molecule has 1 aliphatic heterocycles. The van der Waals surface area contributed by atoms with E-state index in [-0.39, 0.29) is 0 Å². The largest absolute Gasteiger partial charge is 0.336 e. The van der Waals surface area contributed by atoms with Crippen molar-refractivity contribution < 1.29 is 9.59 Å². The first kappa shape index (κ1) is 11.1. The summed E-state index contributed by atoms with van der Waals surface area (Å²) >= 11 is 0. The molecular weight excluding hydrogens is 218 g/mol. The highest BCUT2D eigenvalue weighted by Gasteiger charge is 2.30. The van der Waals surface area contributed by atoms with Gasteiger partial charge in [-0.15, -0.1) is 0 Å². The fraction of sp³-hybridized carbons (Fsp3) is 0.250. The smallest absolute Gasteiger partial charge is 0.316 e. The Morgan fingerprint density at radius 3 is 2.35 bits per heavy atom. The standard InChI is InChI=1S/C12H11N3O2/c1-14-6-7-15(12(17)11(14)16)10-4-2-9(8-13)3-5-10/h2-5H,6-7H2,1H3. The van der Waals surface area contributed by atoms with Gasteiger partial charge >= 0.3 is 11.8 Å². The molecule has 1 saturated heterocycles. The maximum atomic E-state index is 11.8. The summed E-state index contributed by atoms with van der Waals surface area (Å²) in [5, 5.41) is 8.68. The predicted molar refractivity (Wildman–Crippen MR) is 61.1 cm³/mol. The number of likely N-dealkylation sites (N-methyl/N-ethyl adjacent to an activating group) is 1. The maximum Gasteiger partial charge on any atom is 0.316 e. The zero-order valence-corrected chi connectivity index (χ0v) is 9.38. The van der Waals surface area contributed by atoms with Crippen molar-refractivity contribution in [3.63, 3.8) is 0 Å². The summed E-state index contributed by atoms with van der Waals surface area (Å²) in [6.07, 6.45) is 0. The topological polar surface area (TPSA) is 64.4 Å². The quantitative estimate of drug-likeness (QED) is 0.653. The number of rotatable bonds is 1. The van der Waals surface area contributed by atoms with Crippen LogP contribution in [0.2, 0.25) is 0 Å². The lowest BCUT2D eigenvalue weighted by Crippen LogP contribution is -2.53. The average molecular weight is 229 g/mol. The van der Waals surface area contributed by atoms with Crippen molar-refractivity contribution in [2.75, 3.05) is 25.0 Å². The van der Waals surface area contributed by atoms with Gasteiger partial charge < -0.3 is 9.80 Å². The van der Waals surface area contributed by atoms with Gasteiger partial charge in [0.2, 0.25) is 0 Å². The molecule has 0 bridgehead atoms. The second-order valence-corrected chi connectivity index (χ2v) is 3.84. The molecule has 1 aromatic carbocycles. The van der Waals surface area contributed by atoms with E-state index in [2.05, 4.69) is 0 Å². The third kappa shape index (κ3) is 1.97. The molecule has 17 heavy (non-hydrogen) atoms. The molecule has 1 aliphatic rings. The molecule has 0 N–H and O–H groups in total. The molecule has 1 aromatic rings. The van der Waals surface area contributed by atoms with Crippen LogP contribution in [-0.4, -0.2) is 36.9 Å². The molecule has 5 heteroatoms. The summed E-state index contributed by atoms with van der Waals surface area (Å²) in [5.41, 5.74) is 1.18. The fourth-order valence-electron chi connectivity index (χ4n) is 1.69. The second-order valence-electron chi connectivity index (χ2n) is 3.84. The molecule has 1 heterocycles. The number of nitriles is 1.